The number of quaternary nitrogens is 1. The number of allylic oxidation sites excluding steroid dienone is 2. The molecule has 0 heterocycles. The summed E-state index contributed by atoms with van der Waals surface area (Å²) in [7, 11) is 0. The van der Waals surface area contributed by atoms with Gasteiger partial charge in [0.2, 0.25) is 0 Å². The Morgan fingerprint density at radius 2 is 1.82 bits per heavy atom. The minimum atomic E-state index is -1.13. The third-order valence-electron chi connectivity index (χ3n) is 6.56. The summed E-state index contributed by atoms with van der Waals surface area (Å²) in [5.41, 5.74) is 14.8. The number of aliphatic carboxylic acids is 2. The van der Waals surface area contributed by atoms with Gasteiger partial charge in [-0.2, -0.15) is 0 Å². The topological polar surface area (TPSA) is 231 Å². The number of carboxylic acid groups (broad SMARTS) is 2. The molecule has 0 spiro atoms. The van der Waals surface area contributed by atoms with Gasteiger partial charge in [0, 0.05) is 30.6 Å². The molecule has 0 aliphatic heterocycles. The van der Waals surface area contributed by atoms with Crippen LogP contribution in [-0.2, 0) is 20.8 Å². The molecule has 1 aliphatic carbocycles. The highest BCUT2D eigenvalue weighted by atomic mass is 16.4. The van der Waals surface area contributed by atoms with E-state index in [2.05, 4.69) is 10.7 Å². The molecule has 1 aromatic carbocycles. The molecule has 1 saturated carbocycles. The molecular weight excluding hydrogens is 516 g/mol. The van der Waals surface area contributed by atoms with Crippen LogP contribution < -0.4 is 32.4 Å². The Hall–Kier alpha value is -3.54. The number of nitrogens with two attached hydrogens (primary N) is 2. The first kappa shape index (κ1) is 34.5. The fourth-order valence-corrected chi connectivity index (χ4v) is 4.26. The van der Waals surface area contributed by atoms with Gasteiger partial charge in [0.25, 0.3) is 0 Å². The van der Waals surface area contributed by atoms with Crippen molar-refractivity contribution in [2.75, 3.05) is 6.54 Å². The first-order valence-corrected chi connectivity index (χ1v) is 13.6. The molecule has 40 heavy (non-hydrogen) atoms. The van der Waals surface area contributed by atoms with Crippen molar-refractivity contribution in [2.24, 2.45) is 23.3 Å². The zero-order chi connectivity index (χ0) is 29.9. The number of aliphatic hydroxyl groups is 2. The summed E-state index contributed by atoms with van der Waals surface area (Å²) in [6.07, 6.45) is 10.1. The molecule has 11 heteroatoms. The fraction of sp³-hybridized carbons (Fsp3) is 0.517. The third kappa shape index (κ3) is 15.2. The van der Waals surface area contributed by atoms with Crippen molar-refractivity contribution in [1.29, 1.82) is 0 Å². The number of carbonyl (C=O) groups excluding carboxylic acids is 3. The van der Waals surface area contributed by atoms with Crippen molar-refractivity contribution in [3.63, 3.8) is 0 Å². The lowest BCUT2D eigenvalue weighted by molar-refractivity contribution is -0.466. The number of rotatable bonds is 16. The number of Topliss-reactive ketones (excluding diaryl/α,β-unsaturated/α-hetero) is 1. The largest absolute Gasteiger partial charge is 0.550 e. The smallest absolute Gasteiger partial charge is 0.338 e. The number of benzene rings is 1. The second-order valence-electron chi connectivity index (χ2n) is 9.91. The van der Waals surface area contributed by atoms with Gasteiger partial charge in [0.05, 0.1) is 24.7 Å². The van der Waals surface area contributed by atoms with E-state index in [1.165, 1.54) is 0 Å². The number of aliphatic hydroxyl groups excluding tert-OH is 2. The van der Waals surface area contributed by atoms with E-state index in [0.29, 0.717) is 45.1 Å². The van der Waals surface area contributed by atoms with Crippen LogP contribution in [0, 0.1) is 11.8 Å². The average molecular weight is 561 g/mol. The SMILES string of the molecule is NC(N)=[NH+]CCC[C@H]([NH3+])C(=O)[O-].O=C([O-])CCC/C=C\C[C@H]1C(=O)C[C@@H](O)[C@@H]1/C=C/[C@@H](O)CCc1ccccc1. The molecule has 0 bridgehead atoms. The predicted molar refractivity (Wildman–Crippen MR) is 145 cm³/mol. The van der Waals surface area contributed by atoms with E-state index in [1.54, 1.807) is 12.2 Å². The quantitative estimate of drug-likeness (QED) is 0.0508. The van der Waals surface area contributed by atoms with Gasteiger partial charge in [-0.3, -0.25) is 21.3 Å². The first-order valence-electron chi connectivity index (χ1n) is 13.6. The predicted octanol–water partition coefficient (Wildman–Crippen LogP) is -3.55. The Morgan fingerprint density at radius 3 is 2.45 bits per heavy atom. The minimum Gasteiger partial charge on any atom is -0.550 e. The van der Waals surface area contributed by atoms with E-state index in [0.717, 1.165) is 12.0 Å². The molecule has 2 rings (SSSR count). The van der Waals surface area contributed by atoms with Crippen LogP contribution in [0.4, 0.5) is 0 Å². The Morgan fingerprint density at radius 1 is 1.12 bits per heavy atom. The third-order valence-corrected chi connectivity index (χ3v) is 6.56. The van der Waals surface area contributed by atoms with Gasteiger partial charge in [-0.05, 0) is 50.5 Å². The molecule has 1 aliphatic rings. The summed E-state index contributed by atoms with van der Waals surface area (Å²) in [6, 6.07) is 9.27. The number of carbonyl (C=O) groups is 3. The summed E-state index contributed by atoms with van der Waals surface area (Å²) >= 11 is 0. The maximum atomic E-state index is 12.2. The van der Waals surface area contributed by atoms with Crippen molar-refractivity contribution in [1.82, 2.24) is 0 Å². The molecule has 0 aromatic heterocycles. The Labute approximate surface area is 235 Å². The lowest BCUT2D eigenvalue weighted by atomic mass is 9.90. The van der Waals surface area contributed by atoms with E-state index in [9.17, 15) is 34.8 Å². The molecule has 10 N–H and O–H groups in total. The average Bonchev–Trinajstić information content (AvgIpc) is 3.18. The summed E-state index contributed by atoms with van der Waals surface area (Å²) in [5.74, 6) is -2.61. The summed E-state index contributed by atoms with van der Waals surface area (Å²) < 4.78 is 0. The summed E-state index contributed by atoms with van der Waals surface area (Å²) in [4.78, 5) is 35.4. The molecule has 11 nitrogen and oxygen atoms in total. The number of unbranched alkanes of at least 4 members (excludes halogenated alkanes) is 1. The number of hydrogen-bond donors (Lipinski definition) is 6. The number of guanidine groups is 1. The van der Waals surface area contributed by atoms with Crippen LogP contribution in [0.25, 0.3) is 0 Å². The monoisotopic (exact) mass is 560 g/mol. The molecule has 0 radical (unpaired) electrons. The minimum absolute atomic E-state index is 0.0254. The van der Waals surface area contributed by atoms with Gasteiger partial charge in [0.15, 0.2) is 0 Å². The number of hydrogen-bond acceptors (Lipinski definition) is 7. The molecule has 0 amide bonds. The second-order valence-corrected chi connectivity index (χ2v) is 9.91. The lowest BCUT2D eigenvalue weighted by Crippen LogP contribution is -2.78. The molecule has 5 atom stereocenters. The Kier molecular flexibility index (Phi) is 16.8. The number of ketones is 1. The van der Waals surface area contributed by atoms with Crippen LogP contribution in [0.2, 0.25) is 0 Å². The van der Waals surface area contributed by atoms with Crippen LogP contribution in [0.3, 0.4) is 0 Å². The molecule has 0 unspecified atom stereocenters. The maximum Gasteiger partial charge on any atom is 0.338 e. The fourth-order valence-electron chi connectivity index (χ4n) is 4.26. The number of carboxylic acids is 2. The van der Waals surface area contributed by atoms with Gasteiger partial charge in [-0.1, -0.05) is 54.6 Å². The second kappa shape index (κ2) is 19.5. The van der Waals surface area contributed by atoms with Crippen LogP contribution >= 0.6 is 0 Å². The van der Waals surface area contributed by atoms with Crippen LogP contribution in [0.1, 0.15) is 56.9 Å². The zero-order valence-electron chi connectivity index (χ0n) is 23.0. The molecular formula is C29H44N4O7. The standard InChI is InChI=1S/C23H30O5.C6H14N4O2/c24-18(13-12-17-8-4-3-5-9-17)14-15-20-19(21(25)16-22(20)26)10-6-1-2-7-11-23(27)28;7-4(5(11)12)2-1-3-10-6(8)9/h1,3-6,8-9,14-15,18-20,22,24,26H,2,7,10-13,16H2,(H,27,28);4H,1-3,7H2,(H,11,12)(H4,8,9,10)/b6-1-,15-14+;/t18-,19+,20+,22+;4-/m00/s1. The summed E-state index contributed by atoms with van der Waals surface area (Å²) in [6.45, 7) is 0.557. The van der Waals surface area contributed by atoms with E-state index in [1.807, 2.05) is 42.5 Å². The highest BCUT2D eigenvalue weighted by Gasteiger charge is 2.39. The molecule has 1 fully saturated rings. The molecule has 0 saturated heterocycles. The first-order chi connectivity index (χ1) is 19.0. The van der Waals surface area contributed by atoms with Crippen molar-refractivity contribution >= 4 is 23.7 Å². The Bertz CT molecular complexity index is 993. The van der Waals surface area contributed by atoms with Crippen LogP contribution in [0.5, 0.6) is 0 Å². The molecule has 1 aromatic rings. The van der Waals surface area contributed by atoms with E-state index in [4.69, 9.17) is 11.5 Å². The van der Waals surface area contributed by atoms with Gasteiger partial charge >= 0.3 is 5.96 Å². The number of aryl methyl sites for hydroxylation is 1. The van der Waals surface area contributed by atoms with Gasteiger partial charge < -0.3 is 35.7 Å². The molecule has 222 valence electrons. The van der Waals surface area contributed by atoms with Crippen LogP contribution in [0.15, 0.2) is 54.6 Å². The lowest BCUT2D eigenvalue weighted by Gasteiger charge is -2.16. The van der Waals surface area contributed by atoms with E-state index < -0.39 is 30.2 Å². The van der Waals surface area contributed by atoms with Crippen molar-refractivity contribution in [2.45, 2.75) is 76.0 Å². The van der Waals surface area contributed by atoms with Crippen molar-refractivity contribution in [3.8, 4) is 0 Å². The normalized spacial score (nSPS) is 20.2. The summed E-state index contributed by atoms with van der Waals surface area (Å²) in [5, 5.41) is 41.0. The van der Waals surface area contributed by atoms with E-state index in [-0.39, 0.29) is 36.4 Å². The zero-order valence-corrected chi connectivity index (χ0v) is 23.0. The van der Waals surface area contributed by atoms with Crippen LogP contribution in [-0.4, -0.2) is 58.7 Å². The van der Waals surface area contributed by atoms with Gasteiger partial charge in [-0.25, -0.2) is 0 Å². The van der Waals surface area contributed by atoms with Gasteiger partial charge in [0.1, 0.15) is 11.8 Å². The van der Waals surface area contributed by atoms with Gasteiger partial charge in [-0.15, -0.1) is 0 Å². The highest BCUT2D eigenvalue weighted by Crippen LogP contribution is 2.33. The van der Waals surface area contributed by atoms with Crippen molar-refractivity contribution < 1.29 is 45.5 Å². The Balaban J connectivity index is 0.000000562. The van der Waals surface area contributed by atoms with Crippen molar-refractivity contribution in [3.05, 3.63) is 60.2 Å². The maximum absolute atomic E-state index is 12.2. The highest BCUT2D eigenvalue weighted by molar-refractivity contribution is 5.84. The number of nitrogens with one attached hydrogen (secondary N) is 1. The van der Waals surface area contributed by atoms with E-state index >= 15 is 0 Å².